The number of anilines is 2. The third-order valence-electron chi connectivity index (χ3n) is 4.54. The highest BCUT2D eigenvalue weighted by molar-refractivity contribution is 6.05. The topological polar surface area (TPSA) is 89.0 Å². The molecule has 3 aromatic rings. The number of nitrogens with zero attached hydrogens (tertiary/aromatic N) is 3. The molecular formula is C21H21N5O2. The molecule has 1 amide bonds. The second-order valence-corrected chi connectivity index (χ2v) is 6.57. The second kappa shape index (κ2) is 8.58. The number of ether oxygens (including phenoxy) is 1. The van der Waals surface area contributed by atoms with Gasteiger partial charge >= 0.3 is 0 Å². The lowest BCUT2D eigenvalue weighted by Gasteiger charge is -2.23. The average Bonchev–Trinajstić information content (AvgIpc) is 2.76. The fourth-order valence-corrected chi connectivity index (χ4v) is 3.14. The van der Waals surface area contributed by atoms with E-state index in [9.17, 15) is 4.79 Å². The summed E-state index contributed by atoms with van der Waals surface area (Å²) in [7, 11) is 0. The van der Waals surface area contributed by atoms with Crippen LogP contribution in [0, 0.1) is 0 Å². The van der Waals surface area contributed by atoms with E-state index in [4.69, 9.17) is 4.74 Å². The highest BCUT2D eigenvalue weighted by Gasteiger charge is 2.16. The van der Waals surface area contributed by atoms with Crippen LogP contribution in [0.15, 0.2) is 61.1 Å². The molecule has 1 unspecified atom stereocenters. The summed E-state index contributed by atoms with van der Waals surface area (Å²) in [6, 6.07) is 13.5. The average molecular weight is 375 g/mol. The quantitative estimate of drug-likeness (QED) is 0.711. The number of rotatable bonds is 5. The third kappa shape index (κ3) is 4.32. The van der Waals surface area contributed by atoms with Crippen molar-refractivity contribution in [2.24, 2.45) is 0 Å². The van der Waals surface area contributed by atoms with Gasteiger partial charge in [-0.1, -0.05) is 30.3 Å². The SMILES string of the molecule is O=C(Nc1cnccc1-c1ccccc1)c1ccnc(NC2CCCOC2)n1. The molecular weight excluding hydrogens is 354 g/mol. The van der Waals surface area contributed by atoms with E-state index in [0.717, 1.165) is 30.6 Å². The summed E-state index contributed by atoms with van der Waals surface area (Å²) in [5.74, 6) is 0.119. The molecule has 1 saturated heterocycles. The third-order valence-corrected chi connectivity index (χ3v) is 4.54. The Morgan fingerprint density at radius 3 is 2.82 bits per heavy atom. The molecule has 3 heterocycles. The zero-order valence-electron chi connectivity index (χ0n) is 15.3. The molecule has 2 N–H and O–H groups in total. The molecule has 7 nitrogen and oxygen atoms in total. The Bertz CT molecular complexity index is 942. The van der Waals surface area contributed by atoms with E-state index in [-0.39, 0.29) is 17.6 Å². The minimum Gasteiger partial charge on any atom is -0.379 e. The van der Waals surface area contributed by atoms with Gasteiger partial charge in [-0.25, -0.2) is 9.97 Å². The van der Waals surface area contributed by atoms with E-state index in [0.29, 0.717) is 18.2 Å². The molecule has 28 heavy (non-hydrogen) atoms. The van der Waals surface area contributed by atoms with Crippen LogP contribution < -0.4 is 10.6 Å². The first kappa shape index (κ1) is 18.1. The van der Waals surface area contributed by atoms with Gasteiger partial charge in [0, 0.05) is 24.6 Å². The summed E-state index contributed by atoms with van der Waals surface area (Å²) in [6.07, 6.45) is 6.92. The first-order valence-corrected chi connectivity index (χ1v) is 9.28. The normalized spacial score (nSPS) is 16.4. The van der Waals surface area contributed by atoms with Crippen LogP contribution in [0.5, 0.6) is 0 Å². The number of nitrogens with one attached hydrogen (secondary N) is 2. The Balaban J connectivity index is 1.51. The molecule has 1 aromatic carbocycles. The maximum Gasteiger partial charge on any atom is 0.274 e. The molecule has 1 atom stereocenters. The number of aromatic nitrogens is 3. The van der Waals surface area contributed by atoms with Gasteiger partial charge in [0.1, 0.15) is 5.69 Å². The number of pyridine rings is 1. The highest BCUT2D eigenvalue weighted by Crippen LogP contribution is 2.27. The monoisotopic (exact) mass is 375 g/mol. The number of hydrogen-bond donors (Lipinski definition) is 2. The van der Waals surface area contributed by atoms with Crippen molar-refractivity contribution in [3.05, 3.63) is 66.7 Å². The molecule has 1 aliphatic rings. The number of carbonyl (C=O) groups excluding carboxylic acids is 1. The van der Waals surface area contributed by atoms with Gasteiger partial charge in [-0.2, -0.15) is 0 Å². The Morgan fingerprint density at radius 2 is 2.00 bits per heavy atom. The van der Waals surface area contributed by atoms with Crippen LogP contribution >= 0.6 is 0 Å². The minimum absolute atomic E-state index is 0.162. The van der Waals surface area contributed by atoms with Crippen LogP contribution in [0.25, 0.3) is 11.1 Å². The van der Waals surface area contributed by atoms with Crippen LogP contribution in [0.4, 0.5) is 11.6 Å². The summed E-state index contributed by atoms with van der Waals surface area (Å²) in [5.41, 5.74) is 2.82. The lowest BCUT2D eigenvalue weighted by molar-refractivity contribution is 0.0874. The van der Waals surface area contributed by atoms with Crippen molar-refractivity contribution in [1.29, 1.82) is 0 Å². The maximum absolute atomic E-state index is 12.8. The smallest absolute Gasteiger partial charge is 0.274 e. The molecule has 142 valence electrons. The van der Waals surface area contributed by atoms with Gasteiger partial charge in [-0.3, -0.25) is 9.78 Å². The van der Waals surface area contributed by atoms with E-state index >= 15 is 0 Å². The van der Waals surface area contributed by atoms with Gasteiger partial charge in [0.15, 0.2) is 0 Å². The molecule has 0 bridgehead atoms. The van der Waals surface area contributed by atoms with Gasteiger partial charge in [0.05, 0.1) is 24.5 Å². The van der Waals surface area contributed by atoms with Gasteiger partial charge in [-0.05, 0) is 30.5 Å². The first-order valence-electron chi connectivity index (χ1n) is 9.28. The molecule has 1 aliphatic heterocycles. The summed E-state index contributed by atoms with van der Waals surface area (Å²) in [6.45, 7) is 1.41. The Hall–Kier alpha value is -3.32. The van der Waals surface area contributed by atoms with E-state index in [1.54, 1.807) is 24.7 Å². The van der Waals surface area contributed by atoms with E-state index in [1.807, 2.05) is 36.4 Å². The van der Waals surface area contributed by atoms with Crippen molar-refractivity contribution in [2.45, 2.75) is 18.9 Å². The summed E-state index contributed by atoms with van der Waals surface area (Å²) < 4.78 is 5.46. The van der Waals surface area contributed by atoms with Gasteiger partial charge in [-0.15, -0.1) is 0 Å². The molecule has 0 aliphatic carbocycles. The Kier molecular flexibility index (Phi) is 5.53. The maximum atomic E-state index is 12.8. The molecule has 0 saturated carbocycles. The van der Waals surface area contributed by atoms with Crippen molar-refractivity contribution >= 4 is 17.5 Å². The number of benzene rings is 1. The second-order valence-electron chi connectivity index (χ2n) is 6.57. The van der Waals surface area contributed by atoms with Gasteiger partial charge < -0.3 is 15.4 Å². The lowest BCUT2D eigenvalue weighted by Crippen LogP contribution is -2.31. The van der Waals surface area contributed by atoms with Crippen LogP contribution in [-0.4, -0.2) is 40.1 Å². The van der Waals surface area contributed by atoms with Gasteiger partial charge in [0.2, 0.25) is 5.95 Å². The van der Waals surface area contributed by atoms with Crippen LogP contribution in [0.2, 0.25) is 0 Å². The van der Waals surface area contributed by atoms with Crippen molar-refractivity contribution < 1.29 is 9.53 Å². The minimum atomic E-state index is -0.310. The molecule has 4 rings (SSSR count). The standard InChI is InChI=1S/C21H21N5O2/c27-20(18-9-11-23-21(26-18)24-16-7-4-12-28-14-16)25-19-13-22-10-8-17(19)15-5-2-1-3-6-15/h1-3,5-6,8-11,13,16H,4,7,12,14H2,(H,25,27)(H,23,24,26). The van der Waals surface area contributed by atoms with Crippen molar-refractivity contribution in [1.82, 2.24) is 15.0 Å². The molecule has 0 radical (unpaired) electrons. The van der Waals surface area contributed by atoms with Crippen molar-refractivity contribution in [2.75, 3.05) is 23.8 Å². The summed E-state index contributed by atoms with van der Waals surface area (Å²) in [5, 5.41) is 6.15. The van der Waals surface area contributed by atoms with E-state index in [1.165, 1.54) is 0 Å². The number of amides is 1. The zero-order valence-corrected chi connectivity index (χ0v) is 15.3. The van der Waals surface area contributed by atoms with Crippen molar-refractivity contribution in [3.8, 4) is 11.1 Å². The predicted octanol–water partition coefficient (Wildman–Crippen LogP) is 3.38. The Labute approximate surface area is 163 Å². The molecule has 2 aromatic heterocycles. The van der Waals surface area contributed by atoms with Crippen LogP contribution in [0.1, 0.15) is 23.3 Å². The number of carbonyl (C=O) groups is 1. The summed E-state index contributed by atoms with van der Waals surface area (Å²) >= 11 is 0. The van der Waals surface area contributed by atoms with Crippen molar-refractivity contribution in [3.63, 3.8) is 0 Å². The number of hydrogen-bond acceptors (Lipinski definition) is 6. The Morgan fingerprint density at radius 1 is 1.11 bits per heavy atom. The highest BCUT2D eigenvalue weighted by atomic mass is 16.5. The summed E-state index contributed by atoms with van der Waals surface area (Å²) in [4.78, 5) is 25.5. The largest absolute Gasteiger partial charge is 0.379 e. The molecule has 7 heteroatoms. The fraction of sp³-hybridized carbons (Fsp3) is 0.238. The van der Waals surface area contributed by atoms with E-state index in [2.05, 4.69) is 25.6 Å². The van der Waals surface area contributed by atoms with E-state index < -0.39 is 0 Å². The predicted molar refractivity (Wildman–Crippen MR) is 107 cm³/mol. The molecule has 1 fully saturated rings. The van der Waals surface area contributed by atoms with Gasteiger partial charge in [0.25, 0.3) is 5.91 Å². The molecule has 0 spiro atoms. The van der Waals surface area contributed by atoms with Crippen LogP contribution in [0.3, 0.4) is 0 Å². The lowest BCUT2D eigenvalue weighted by atomic mass is 10.1. The fourth-order valence-electron chi connectivity index (χ4n) is 3.14. The van der Waals surface area contributed by atoms with Crippen LogP contribution in [-0.2, 0) is 4.74 Å². The first-order chi connectivity index (χ1) is 13.8. The zero-order chi connectivity index (χ0) is 19.2.